The van der Waals surface area contributed by atoms with Crippen molar-refractivity contribution >= 4 is 38.9 Å². The molecule has 50 heavy (non-hydrogen) atoms. The van der Waals surface area contributed by atoms with Crippen molar-refractivity contribution in [3.8, 4) is 28.3 Å². The molecule has 0 fully saturated rings. The monoisotopic (exact) mass is 648 g/mol. The van der Waals surface area contributed by atoms with E-state index < -0.39 is 0 Å². The van der Waals surface area contributed by atoms with Crippen LogP contribution in [-0.4, -0.2) is 14.5 Å². The zero-order valence-corrected chi connectivity index (χ0v) is 29.0. The highest BCUT2D eigenvalue weighted by atomic mass is 15.1. The van der Waals surface area contributed by atoms with Gasteiger partial charge in [0, 0.05) is 39.8 Å². The molecule has 0 spiro atoms. The van der Waals surface area contributed by atoms with E-state index in [0.29, 0.717) is 11.8 Å². The number of benzene rings is 6. The van der Waals surface area contributed by atoms with Crippen LogP contribution in [0.15, 0.2) is 158 Å². The van der Waals surface area contributed by atoms with Gasteiger partial charge in [-0.3, -0.25) is 9.55 Å². The SMILES string of the molecule is CC(C)c1cccc(C(C)C)c1-n1c(-c2cccc(N(c3ccccc3)c3cccc(-c4cc5ccccc5cn4)c3)c2)nc2ccccc21. The van der Waals surface area contributed by atoms with E-state index in [1.807, 2.05) is 6.20 Å². The average Bonchev–Trinajstić information content (AvgIpc) is 3.54. The van der Waals surface area contributed by atoms with E-state index >= 15 is 0 Å². The summed E-state index contributed by atoms with van der Waals surface area (Å²) in [6.45, 7) is 9.12. The number of pyridine rings is 1. The van der Waals surface area contributed by atoms with Crippen LogP contribution in [0.3, 0.4) is 0 Å². The lowest BCUT2D eigenvalue weighted by atomic mass is 9.92. The Balaban J connectivity index is 1.31. The first-order chi connectivity index (χ1) is 24.5. The Kier molecular flexibility index (Phi) is 8.22. The summed E-state index contributed by atoms with van der Waals surface area (Å²) in [6, 6.07) is 53.8. The normalized spacial score (nSPS) is 11.6. The molecule has 0 amide bonds. The molecule has 4 heteroatoms. The molecule has 0 aliphatic heterocycles. The maximum atomic E-state index is 5.32. The van der Waals surface area contributed by atoms with E-state index in [4.69, 9.17) is 9.97 Å². The molecule has 8 aromatic rings. The molecule has 0 bridgehead atoms. The van der Waals surface area contributed by atoms with Gasteiger partial charge in [0.15, 0.2) is 0 Å². The van der Waals surface area contributed by atoms with Gasteiger partial charge >= 0.3 is 0 Å². The molecule has 2 heterocycles. The Bertz CT molecular complexity index is 2430. The van der Waals surface area contributed by atoms with E-state index in [1.165, 1.54) is 22.2 Å². The average molecular weight is 649 g/mol. The van der Waals surface area contributed by atoms with Crippen LogP contribution >= 0.6 is 0 Å². The highest BCUT2D eigenvalue weighted by Gasteiger charge is 2.23. The molecule has 8 rings (SSSR count). The predicted octanol–water partition coefficient (Wildman–Crippen LogP) is 12.6. The van der Waals surface area contributed by atoms with Crippen molar-refractivity contribution in [2.75, 3.05) is 4.90 Å². The standard InChI is InChI=1S/C46H40N4/c1-31(2)40-23-14-24-41(32(3)4)45(40)50-44-26-11-10-25-42(44)48-46(50)35-18-13-22-39(28-35)49(37-19-6-5-7-20-37)38-21-12-17-34(27-38)43-29-33-15-8-9-16-36(33)30-47-43/h5-32H,1-4H3. The van der Waals surface area contributed by atoms with E-state index in [-0.39, 0.29) is 0 Å². The Morgan fingerprint density at radius 1 is 0.520 bits per heavy atom. The molecule has 2 aromatic heterocycles. The van der Waals surface area contributed by atoms with E-state index in [1.54, 1.807) is 0 Å². The van der Waals surface area contributed by atoms with Crippen LogP contribution in [0.2, 0.25) is 0 Å². The zero-order chi connectivity index (χ0) is 34.2. The third-order valence-corrected chi connectivity index (χ3v) is 9.53. The number of imidazole rings is 1. The van der Waals surface area contributed by atoms with Gasteiger partial charge in [-0.2, -0.15) is 0 Å². The minimum absolute atomic E-state index is 0.349. The predicted molar refractivity (Wildman–Crippen MR) is 210 cm³/mol. The number of hydrogen-bond acceptors (Lipinski definition) is 3. The Labute approximate surface area is 294 Å². The van der Waals surface area contributed by atoms with Crippen LogP contribution in [0, 0.1) is 0 Å². The molecule has 4 nitrogen and oxygen atoms in total. The molecule has 6 aromatic carbocycles. The van der Waals surface area contributed by atoms with Gasteiger partial charge in [0.25, 0.3) is 0 Å². The molecule has 0 saturated heterocycles. The molecule has 0 radical (unpaired) electrons. The number of anilines is 3. The summed E-state index contributed by atoms with van der Waals surface area (Å²) >= 11 is 0. The summed E-state index contributed by atoms with van der Waals surface area (Å²) in [5.41, 5.74) is 12.2. The number of nitrogens with zero attached hydrogens (tertiary/aromatic N) is 4. The van der Waals surface area contributed by atoms with Crippen molar-refractivity contribution in [3.05, 3.63) is 169 Å². The van der Waals surface area contributed by atoms with Crippen LogP contribution in [-0.2, 0) is 0 Å². The largest absolute Gasteiger partial charge is 0.310 e. The molecule has 0 unspecified atom stereocenters. The van der Waals surface area contributed by atoms with Crippen molar-refractivity contribution in [2.24, 2.45) is 0 Å². The van der Waals surface area contributed by atoms with Crippen LogP contribution in [0.25, 0.3) is 50.1 Å². The molecular formula is C46H40N4. The second-order valence-corrected chi connectivity index (χ2v) is 13.5. The minimum Gasteiger partial charge on any atom is -0.310 e. The lowest BCUT2D eigenvalue weighted by Gasteiger charge is -2.26. The second-order valence-electron chi connectivity index (χ2n) is 13.5. The molecular weight excluding hydrogens is 609 g/mol. The minimum atomic E-state index is 0.349. The first-order valence-electron chi connectivity index (χ1n) is 17.5. The molecule has 0 aliphatic carbocycles. The number of hydrogen-bond donors (Lipinski definition) is 0. The number of para-hydroxylation sites is 4. The summed E-state index contributed by atoms with van der Waals surface area (Å²) in [5, 5.41) is 2.32. The van der Waals surface area contributed by atoms with Gasteiger partial charge in [-0.25, -0.2) is 4.98 Å². The molecule has 0 aliphatic rings. The summed E-state index contributed by atoms with van der Waals surface area (Å²) in [5.74, 6) is 1.63. The molecule has 244 valence electrons. The molecule has 0 saturated carbocycles. The third kappa shape index (κ3) is 5.73. The van der Waals surface area contributed by atoms with Crippen molar-refractivity contribution in [2.45, 2.75) is 39.5 Å². The lowest BCUT2D eigenvalue weighted by Crippen LogP contribution is -2.11. The van der Waals surface area contributed by atoms with Crippen molar-refractivity contribution in [1.82, 2.24) is 14.5 Å². The Morgan fingerprint density at radius 2 is 1.10 bits per heavy atom. The van der Waals surface area contributed by atoms with Crippen molar-refractivity contribution in [3.63, 3.8) is 0 Å². The first kappa shape index (κ1) is 31.3. The number of fused-ring (bicyclic) bond motifs is 2. The molecule has 0 atom stereocenters. The summed E-state index contributed by atoms with van der Waals surface area (Å²) < 4.78 is 2.40. The van der Waals surface area contributed by atoms with Gasteiger partial charge < -0.3 is 4.90 Å². The maximum absolute atomic E-state index is 5.32. The second kappa shape index (κ2) is 13.1. The van der Waals surface area contributed by atoms with Gasteiger partial charge in [0.2, 0.25) is 0 Å². The van der Waals surface area contributed by atoms with E-state index in [9.17, 15) is 0 Å². The number of rotatable bonds is 8. The fourth-order valence-electron chi connectivity index (χ4n) is 7.07. The zero-order valence-electron chi connectivity index (χ0n) is 29.0. The third-order valence-electron chi connectivity index (χ3n) is 9.53. The van der Waals surface area contributed by atoms with Gasteiger partial charge in [-0.15, -0.1) is 0 Å². The van der Waals surface area contributed by atoms with Crippen LogP contribution in [0.1, 0.15) is 50.7 Å². The van der Waals surface area contributed by atoms with Gasteiger partial charge in [0.1, 0.15) is 5.82 Å². The van der Waals surface area contributed by atoms with Gasteiger partial charge in [0.05, 0.1) is 22.4 Å². The fourth-order valence-corrected chi connectivity index (χ4v) is 7.07. The first-order valence-corrected chi connectivity index (χ1v) is 17.5. The maximum Gasteiger partial charge on any atom is 0.145 e. The highest BCUT2D eigenvalue weighted by Crippen LogP contribution is 2.41. The van der Waals surface area contributed by atoms with Gasteiger partial charge in [-0.05, 0) is 82.9 Å². The lowest BCUT2D eigenvalue weighted by molar-refractivity contribution is 0.811. The van der Waals surface area contributed by atoms with Crippen molar-refractivity contribution in [1.29, 1.82) is 0 Å². The van der Waals surface area contributed by atoms with Crippen molar-refractivity contribution < 1.29 is 0 Å². The summed E-state index contributed by atoms with van der Waals surface area (Å²) in [4.78, 5) is 12.5. The highest BCUT2D eigenvalue weighted by molar-refractivity contribution is 5.88. The Morgan fingerprint density at radius 3 is 1.82 bits per heavy atom. The Hall–Kier alpha value is -6.00. The summed E-state index contributed by atoms with van der Waals surface area (Å²) in [7, 11) is 0. The quantitative estimate of drug-likeness (QED) is 0.164. The fraction of sp³-hybridized carbons (Fsp3) is 0.130. The van der Waals surface area contributed by atoms with Crippen LogP contribution in [0.5, 0.6) is 0 Å². The smallest absolute Gasteiger partial charge is 0.145 e. The van der Waals surface area contributed by atoms with Crippen LogP contribution in [0.4, 0.5) is 17.1 Å². The van der Waals surface area contributed by atoms with E-state index in [0.717, 1.165) is 56.1 Å². The summed E-state index contributed by atoms with van der Waals surface area (Å²) in [6.07, 6.45) is 1.96. The number of aromatic nitrogens is 3. The van der Waals surface area contributed by atoms with E-state index in [2.05, 4.69) is 189 Å². The van der Waals surface area contributed by atoms with Crippen LogP contribution < -0.4 is 4.90 Å². The topological polar surface area (TPSA) is 34.0 Å². The molecule has 0 N–H and O–H groups in total. The van der Waals surface area contributed by atoms with Gasteiger partial charge in [-0.1, -0.05) is 125 Å².